The van der Waals surface area contributed by atoms with Gasteiger partial charge in [-0.05, 0) is 24.8 Å². The molecular formula is C17H22N2O2. The van der Waals surface area contributed by atoms with Crippen LogP contribution in [0.4, 0.5) is 0 Å². The molecule has 1 aromatic rings. The number of aromatic nitrogens is 1. The van der Waals surface area contributed by atoms with Gasteiger partial charge in [0, 0.05) is 31.4 Å². The Balaban J connectivity index is 2.23. The van der Waals surface area contributed by atoms with E-state index in [1.54, 1.807) is 18.5 Å². The van der Waals surface area contributed by atoms with E-state index >= 15 is 0 Å². The van der Waals surface area contributed by atoms with Crippen LogP contribution < -0.4 is 0 Å². The number of nitrogens with zero attached hydrogens (tertiary/aromatic N) is 2. The van der Waals surface area contributed by atoms with E-state index in [0.717, 1.165) is 19.4 Å². The Bertz CT molecular complexity index is 553. The number of hydrogen-bond acceptors (Lipinski definition) is 3. The van der Waals surface area contributed by atoms with Crippen molar-refractivity contribution in [1.82, 2.24) is 9.88 Å². The van der Waals surface area contributed by atoms with Crippen LogP contribution >= 0.6 is 0 Å². The highest BCUT2D eigenvalue weighted by Gasteiger charge is 2.33. The maximum atomic E-state index is 12.8. The van der Waals surface area contributed by atoms with Crippen molar-refractivity contribution in [2.45, 2.75) is 39.2 Å². The van der Waals surface area contributed by atoms with Crippen molar-refractivity contribution in [3.63, 3.8) is 0 Å². The Morgan fingerprint density at radius 1 is 1.52 bits per heavy atom. The molecule has 1 aliphatic rings. The predicted octanol–water partition coefficient (Wildman–Crippen LogP) is 2.08. The van der Waals surface area contributed by atoms with Crippen molar-refractivity contribution in [2.75, 3.05) is 13.2 Å². The van der Waals surface area contributed by atoms with Crippen LogP contribution in [0.25, 0.3) is 0 Å². The van der Waals surface area contributed by atoms with Gasteiger partial charge in [-0.1, -0.05) is 25.7 Å². The van der Waals surface area contributed by atoms with E-state index in [4.69, 9.17) is 5.11 Å². The molecule has 0 saturated heterocycles. The van der Waals surface area contributed by atoms with Gasteiger partial charge in [-0.2, -0.15) is 0 Å². The molecule has 1 aliphatic carbocycles. The molecule has 0 atom stereocenters. The van der Waals surface area contributed by atoms with Gasteiger partial charge in [0.05, 0.1) is 17.7 Å². The van der Waals surface area contributed by atoms with Gasteiger partial charge in [-0.3, -0.25) is 9.78 Å². The first-order valence-corrected chi connectivity index (χ1v) is 7.48. The maximum Gasteiger partial charge on any atom is 0.255 e. The fraction of sp³-hybridized carbons (Fsp3) is 0.529. The number of aliphatic hydroxyl groups excluding tert-OH is 1. The lowest BCUT2D eigenvalue weighted by atomic mass is 10.1. The van der Waals surface area contributed by atoms with E-state index in [1.165, 1.54) is 0 Å². The highest BCUT2D eigenvalue weighted by atomic mass is 16.2. The second kappa shape index (κ2) is 7.24. The van der Waals surface area contributed by atoms with Crippen LogP contribution in [0.1, 0.15) is 49.0 Å². The minimum atomic E-state index is 0.0259. The zero-order valence-corrected chi connectivity index (χ0v) is 12.7. The summed E-state index contributed by atoms with van der Waals surface area (Å²) in [7, 11) is 0. The summed E-state index contributed by atoms with van der Waals surface area (Å²) in [4.78, 5) is 18.8. The molecule has 0 aliphatic heterocycles. The van der Waals surface area contributed by atoms with Gasteiger partial charge >= 0.3 is 0 Å². The summed E-state index contributed by atoms with van der Waals surface area (Å²) in [6.45, 7) is 5.04. The molecule has 0 bridgehead atoms. The van der Waals surface area contributed by atoms with Crippen LogP contribution in [0.15, 0.2) is 18.5 Å². The smallest absolute Gasteiger partial charge is 0.255 e. The quantitative estimate of drug-likeness (QED) is 0.843. The van der Waals surface area contributed by atoms with Crippen LogP contribution in [-0.2, 0) is 0 Å². The van der Waals surface area contributed by atoms with E-state index in [0.29, 0.717) is 29.5 Å². The van der Waals surface area contributed by atoms with E-state index in [-0.39, 0.29) is 12.5 Å². The Morgan fingerprint density at radius 3 is 2.90 bits per heavy atom. The molecule has 1 heterocycles. The van der Waals surface area contributed by atoms with E-state index in [9.17, 15) is 4.79 Å². The van der Waals surface area contributed by atoms with Crippen LogP contribution in [0.3, 0.4) is 0 Å². The average Bonchev–Trinajstić information content (AvgIpc) is 3.29. The molecule has 1 fully saturated rings. The summed E-state index contributed by atoms with van der Waals surface area (Å²) >= 11 is 0. The molecule has 112 valence electrons. The minimum absolute atomic E-state index is 0.0259. The number of carbonyl (C=O) groups is 1. The molecule has 21 heavy (non-hydrogen) atoms. The summed E-state index contributed by atoms with van der Waals surface area (Å²) < 4.78 is 0. The fourth-order valence-electron chi connectivity index (χ4n) is 2.23. The zero-order valence-electron chi connectivity index (χ0n) is 12.7. The predicted molar refractivity (Wildman–Crippen MR) is 81.7 cm³/mol. The molecule has 2 rings (SSSR count). The van der Waals surface area contributed by atoms with Gasteiger partial charge in [-0.15, -0.1) is 0 Å². The van der Waals surface area contributed by atoms with Crippen molar-refractivity contribution in [3.05, 3.63) is 29.6 Å². The molecule has 0 radical (unpaired) electrons. The molecule has 1 aromatic heterocycles. The zero-order chi connectivity index (χ0) is 15.2. The number of pyridine rings is 1. The summed E-state index contributed by atoms with van der Waals surface area (Å²) in [6.07, 6.45) is 5.84. The first-order chi connectivity index (χ1) is 10.1. The lowest BCUT2D eigenvalue weighted by Crippen LogP contribution is -2.36. The molecule has 4 heteroatoms. The normalized spacial score (nSPS) is 13.7. The minimum Gasteiger partial charge on any atom is -0.395 e. The number of rotatable bonds is 5. The summed E-state index contributed by atoms with van der Waals surface area (Å²) in [5, 5.41) is 8.80. The number of aliphatic hydroxyl groups is 1. The molecule has 1 amide bonds. The molecule has 1 saturated carbocycles. The molecule has 1 N–H and O–H groups in total. The largest absolute Gasteiger partial charge is 0.395 e. The second-order valence-corrected chi connectivity index (χ2v) is 5.78. The van der Waals surface area contributed by atoms with E-state index in [2.05, 4.69) is 30.7 Å². The van der Waals surface area contributed by atoms with Crippen molar-refractivity contribution >= 4 is 5.91 Å². The Hall–Kier alpha value is -1.86. The lowest BCUT2D eigenvalue weighted by Gasteiger charge is -2.24. The summed E-state index contributed by atoms with van der Waals surface area (Å²) in [5.41, 5.74) is 1.26. The van der Waals surface area contributed by atoms with Crippen LogP contribution in [0.2, 0.25) is 0 Å². The van der Waals surface area contributed by atoms with Gasteiger partial charge in [0.15, 0.2) is 0 Å². The third-order valence-corrected chi connectivity index (χ3v) is 3.32. The molecule has 0 spiro atoms. The number of hydrogen-bond donors (Lipinski definition) is 1. The first-order valence-electron chi connectivity index (χ1n) is 7.48. The van der Waals surface area contributed by atoms with E-state index in [1.807, 2.05) is 4.90 Å². The summed E-state index contributed by atoms with van der Waals surface area (Å²) in [6, 6.07) is 2.12. The van der Waals surface area contributed by atoms with Crippen molar-refractivity contribution in [1.29, 1.82) is 0 Å². The van der Waals surface area contributed by atoms with Gasteiger partial charge in [0.2, 0.25) is 0 Å². The molecule has 0 aromatic carbocycles. The highest BCUT2D eigenvalue weighted by molar-refractivity contribution is 5.97. The van der Waals surface area contributed by atoms with Crippen LogP contribution in [-0.4, -0.2) is 40.1 Å². The van der Waals surface area contributed by atoms with Gasteiger partial charge in [0.1, 0.15) is 0 Å². The monoisotopic (exact) mass is 286 g/mol. The second-order valence-electron chi connectivity index (χ2n) is 5.78. The van der Waals surface area contributed by atoms with Gasteiger partial charge in [-0.25, -0.2) is 0 Å². The Kier molecular flexibility index (Phi) is 5.35. The molecular weight excluding hydrogens is 264 g/mol. The Morgan fingerprint density at radius 2 is 2.29 bits per heavy atom. The molecule has 4 nitrogen and oxygen atoms in total. The van der Waals surface area contributed by atoms with Crippen LogP contribution in [0, 0.1) is 17.8 Å². The maximum absolute atomic E-state index is 12.8. The van der Waals surface area contributed by atoms with Gasteiger partial charge in [0.25, 0.3) is 5.91 Å². The fourth-order valence-corrected chi connectivity index (χ4v) is 2.23. The number of carbonyl (C=O) groups excluding carboxylic acids is 1. The lowest BCUT2D eigenvalue weighted by molar-refractivity contribution is 0.0722. The van der Waals surface area contributed by atoms with Crippen LogP contribution in [0.5, 0.6) is 0 Å². The standard InChI is InChI=1S/C17H22N2O2/c1-13(2)12-19(15-6-7-15)17(21)16-8-9-18-11-14(16)5-3-4-10-20/h8-9,11,13,15,20H,4,6-7,10,12H2,1-2H3. The first kappa shape index (κ1) is 15.5. The van der Waals surface area contributed by atoms with Crippen molar-refractivity contribution in [3.8, 4) is 11.8 Å². The Labute approximate surface area is 126 Å². The third-order valence-electron chi connectivity index (χ3n) is 3.32. The van der Waals surface area contributed by atoms with E-state index < -0.39 is 0 Å². The average molecular weight is 286 g/mol. The molecule has 0 unspecified atom stereocenters. The SMILES string of the molecule is CC(C)CN(C(=O)c1ccncc1C#CCCO)C1CC1. The highest BCUT2D eigenvalue weighted by Crippen LogP contribution is 2.29. The van der Waals surface area contributed by atoms with Crippen molar-refractivity contribution in [2.24, 2.45) is 5.92 Å². The van der Waals surface area contributed by atoms with Crippen molar-refractivity contribution < 1.29 is 9.90 Å². The summed E-state index contributed by atoms with van der Waals surface area (Å²) in [5.74, 6) is 6.29. The third kappa shape index (κ3) is 4.30. The topological polar surface area (TPSA) is 53.4 Å². The van der Waals surface area contributed by atoms with Gasteiger partial charge < -0.3 is 10.0 Å². The number of amides is 1.